The van der Waals surface area contributed by atoms with Gasteiger partial charge in [0.05, 0.1) is 13.2 Å². The summed E-state index contributed by atoms with van der Waals surface area (Å²) in [7, 11) is -4.32. The summed E-state index contributed by atoms with van der Waals surface area (Å²) in [6, 6.07) is 0. The summed E-state index contributed by atoms with van der Waals surface area (Å²) < 4.78 is 31.5. The Morgan fingerprint density at radius 1 is 0.500 bits per heavy atom. The van der Waals surface area contributed by atoms with Crippen molar-refractivity contribution in [2.75, 3.05) is 26.4 Å². The molecule has 0 rings (SSSR count). The Morgan fingerprint density at radius 2 is 0.804 bits per heavy atom. The topological polar surface area (TPSA) is 134 Å². The predicted molar refractivity (Wildman–Crippen MR) is 234 cm³/mol. The van der Waals surface area contributed by atoms with Gasteiger partial charge in [0.1, 0.15) is 6.61 Å². The molecule has 0 saturated heterocycles. The number of esters is 2. The molecule has 0 aliphatic rings. The molecule has 0 bridgehead atoms. The van der Waals surface area contributed by atoms with Crippen molar-refractivity contribution in [1.82, 2.24) is 0 Å². The second kappa shape index (κ2) is 43.6. The number of unbranched alkanes of at least 4 members (excludes halogenated alkanes) is 35. The van der Waals surface area contributed by atoms with Gasteiger partial charge in [-0.3, -0.25) is 18.6 Å². The molecule has 0 saturated carbocycles. The molecule has 0 fully saturated rings. The fourth-order valence-corrected chi connectivity index (χ4v) is 8.11. The molecule has 0 spiro atoms. The lowest BCUT2D eigenvalue weighted by Crippen LogP contribution is -2.28. The van der Waals surface area contributed by atoms with Gasteiger partial charge in [-0.1, -0.05) is 232 Å². The molecular weight excluding hydrogens is 725 g/mol. The van der Waals surface area contributed by atoms with Crippen LogP contribution in [0.2, 0.25) is 0 Å². The lowest BCUT2D eigenvalue weighted by Gasteiger charge is -2.19. The van der Waals surface area contributed by atoms with E-state index in [1.165, 1.54) is 219 Å². The molecule has 3 N–H and O–H groups in total. The molecule has 0 aliphatic heterocycles. The van der Waals surface area contributed by atoms with E-state index in [1.54, 1.807) is 0 Å². The molecule has 10 heteroatoms. The maximum absolute atomic E-state index is 12.1. The van der Waals surface area contributed by atoms with E-state index >= 15 is 0 Å². The largest absolute Gasteiger partial charge is 0.472 e. The van der Waals surface area contributed by atoms with E-state index in [4.69, 9.17) is 19.7 Å². The summed E-state index contributed by atoms with van der Waals surface area (Å²) >= 11 is 0. The summed E-state index contributed by atoms with van der Waals surface area (Å²) in [5.41, 5.74) is 5.25. The Balaban J connectivity index is 3.35. The molecule has 0 aromatic rings. The van der Waals surface area contributed by atoms with Crippen molar-refractivity contribution in [2.24, 2.45) is 5.73 Å². The second-order valence-corrected chi connectivity index (χ2v) is 17.9. The van der Waals surface area contributed by atoms with Gasteiger partial charge < -0.3 is 20.1 Å². The normalized spacial score (nSPS) is 13.1. The minimum atomic E-state index is -4.32. The number of carbonyl (C=O) groups excluding carboxylic acids is 2. The van der Waals surface area contributed by atoms with Crippen LogP contribution in [0.4, 0.5) is 0 Å². The summed E-state index contributed by atoms with van der Waals surface area (Å²) in [6.07, 6.45) is 48.8. The first-order valence-corrected chi connectivity index (χ1v) is 25.4. The van der Waals surface area contributed by atoms with Crippen LogP contribution in [0.25, 0.3) is 0 Å². The highest BCUT2D eigenvalue weighted by Crippen LogP contribution is 2.43. The zero-order valence-electron chi connectivity index (χ0n) is 36.9. The minimum absolute atomic E-state index is 0.0542. The fourth-order valence-electron chi connectivity index (χ4n) is 7.34. The summed E-state index contributed by atoms with van der Waals surface area (Å²) in [4.78, 5) is 33.0. The number of nitrogens with two attached hydrogens (primary N) is 1. The third kappa shape index (κ3) is 44.1. The maximum atomic E-state index is 12.1. The quantitative estimate of drug-likeness (QED) is 0.0350. The van der Waals surface area contributed by atoms with Crippen molar-refractivity contribution in [2.45, 2.75) is 258 Å². The lowest BCUT2D eigenvalue weighted by molar-refractivity contribution is -0.159. The minimum Gasteiger partial charge on any atom is -0.462 e. The van der Waals surface area contributed by atoms with Crippen molar-refractivity contribution in [3.8, 4) is 0 Å². The molecule has 9 nitrogen and oxygen atoms in total. The first-order chi connectivity index (χ1) is 27.3. The molecule has 2 atom stereocenters. The Morgan fingerprint density at radius 3 is 1.09 bits per heavy atom. The molecule has 0 aliphatic carbocycles. The number of rotatable bonds is 46. The number of hydrogen-bond donors (Lipinski definition) is 2. The van der Waals surface area contributed by atoms with E-state index in [9.17, 15) is 19.0 Å². The number of phosphoric acid groups is 1. The van der Waals surface area contributed by atoms with Crippen molar-refractivity contribution >= 4 is 19.8 Å². The molecule has 1 unspecified atom stereocenters. The number of phosphoric ester groups is 1. The van der Waals surface area contributed by atoms with E-state index < -0.39 is 32.5 Å². The summed E-state index contributed by atoms with van der Waals surface area (Å²) in [5, 5.41) is 0. The second-order valence-electron chi connectivity index (χ2n) is 16.4. The van der Waals surface area contributed by atoms with Gasteiger partial charge in [-0.15, -0.1) is 0 Å². The van der Waals surface area contributed by atoms with Gasteiger partial charge in [0.25, 0.3) is 0 Å². The van der Waals surface area contributed by atoms with Crippen molar-refractivity contribution in [3.63, 3.8) is 0 Å². The molecule has 0 aromatic carbocycles. The standard InChI is InChI=1S/C46H92NO8P/c1-3-4-5-6-7-8-9-10-11-12-13-14-15-16-17-18-19-20-21-22-23-24-25-26-27-28-29-30-31-32-33-34-35-36-37-38-39-46(49)52-42-45(55-44(2)48)43-54-56(50,51)53-41-40-47/h45H,3-43,47H2,1-2H3,(H,50,51)/t45-/m1/s1. The SMILES string of the molecule is CCCCCCCCCCCCCCCCCCCCCCCCCCCCCCCCCCCCCCC(=O)OC[C@H](COP(=O)(O)OCCN)OC(C)=O. The van der Waals surface area contributed by atoms with Gasteiger partial charge in [0.2, 0.25) is 0 Å². The fraction of sp³-hybridized carbons (Fsp3) is 0.957. The molecule has 56 heavy (non-hydrogen) atoms. The average Bonchev–Trinajstić information content (AvgIpc) is 3.17. The van der Waals surface area contributed by atoms with E-state index in [0.717, 1.165) is 19.3 Å². The third-order valence-electron chi connectivity index (χ3n) is 10.8. The van der Waals surface area contributed by atoms with Crippen molar-refractivity contribution in [1.29, 1.82) is 0 Å². The van der Waals surface area contributed by atoms with Crippen LogP contribution in [0.1, 0.15) is 251 Å². The smallest absolute Gasteiger partial charge is 0.462 e. The van der Waals surface area contributed by atoms with E-state index in [0.29, 0.717) is 0 Å². The predicted octanol–water partition coefficient (Wildman–Crippen LogP) is 14.0. The van der Waals surface area contributed by atoms with Crippen LogP contribution in [-0.2, 0) is 32.7 Å². The van der Waals surface area contributed by atoms with Crippen LogP contribution < -0.4 is 5.73 Å². The van der Waals surface area contributed by atoms with E-state index in [2.05, 4.69) is 11.4 Å². The van der Waals surface area contributed by atoms with E-state index in [-0.39, 0.29) is 26.2 Å². The average molecular weight is 818 g/mol. The molecule has 0 radical (unpaired) electrons. The monoisotopic (exact) mass is 818 g/mol. The lowest BCUT2D eigenvalue weighted by atomic mass is 10.0. The highest BCUT2D eigenvalue weighted by atomic mass is 31.2. The van der Waals surface area contributed by atoms with Gasteiger partial charge >= 0.3 is 19.8 Å². The Kier molecular flexibility index (Phi) is 42.8. The third-order valence-corrected chi connectivity index (χ3v) is 11.8. The molecular formula is C46H92NO8P. The summed E-state index contributed by atoms with van der Waals surface area (Å²) in [5.74, 6) is -1.01. The zero-order valence-corrected chi connectivity index (χ0v) is 37.8. The number of ether oxygens (including phenoxy) is 2. The van der Waals surface area contributed by atoms with Crippen LogP contribution in [0, 0.1) is 0 Å². The first-order valence-electron chi connectivity index (χ1n) is 24.0. The molecule has 0 heterocycles. The zero-order chi connectivity index (χ0) is 41.1. The van der Waals surface area contributed by atoms with Crippen molar-refractivity contribution in [3.05, 3.63) is 0 Å². The van der Waals surface area contributed by atoms with Crippen LogP contribution in [0.3, 0.4) is 0 Å². The van der Waals surface area contributed by atoms with Gasteiger partial charge in [-0.25, -0.2) is 4.57 Å². The highest BCUT2D eigenvalue weighted by Gasteiger charge is 2.25. The Labute approximate surface area is 346 Å². The van der Waals surface area contributed by atoms with Crippen LogP contribution in [0.15, 0.2) is 0 Å². The van der Waals surface area contributed by atoms with Crippen LogP contribution in [0.5, 0.6) is 0 Å². The first kappa shape index (κ1) is 55.0. The summed E-state index contributed by atoms with van der Waals surface area (Å²) in [6.45, 7) is 2.70. The van der Waals surface area contributed by atoms with Gasteiger partial charge in [-0.05, 0) is 6.42 Å². The van der Waals surface area contributed by atoms with Crippen LogP contribution >= 0.6 is 7.82 Å². The van der Waals surface area contributed by atoms with Gasteiger partial charge in [-0.2, -0.15) is 0 Å². The Bertz CT molecular complexity index is 891. The highest BCUT2D eigenvalue weighted by molar-refractivity contribution is 7.47. The molecule has 0 aromatic heterocycles. The Hall–Kier alpha value is -0.990. The number of hydrogen-bond acceptors (Lipinski definition) is 8. The molecule has 334 valence electrons. The van der Waals surface area contributed by atoms with Crippen LogP contribution in [-0.4, -0.2) is 49.3 Å². The number of carbonyl (C=O) groups is 2. The van der Waals surface area contributed by atoms with Crippen molar-refractivity contribution < 1.29 is 37.6 Å². The maximum Gasteiger partial charge on any atom is 0.472 e. The van der Waals surface area contributed by atoms with E-state index in [1.807, 2.05) is 0 Å². The molecule has 0 amide bonds. The van der Waals surface area contributed by atoms with Gasteiger partial charge in [0, 0.05) is 19.9 Å². The van der Waals surface area contributed by atoms with Gasteiger partial charge in [0.15, 0.2) is 6.10 Å².